The third-order valence-corrected chi connectivity index (χ3v) is 16.3. The number of thioether (sulfide) groups is 1. The van der Waals surface area contributed by atoms with E-state index in [-0.39, 0.29) is 31.3 Å². The van der Waals surface area contributed by atoms with Crippen LogP contribution < -0.4 is 9.64 Å². The first-order valence-electron chi connectivity index (χ1n) is 21.2. The molecule has 2 aromatic carbocycles. The normalized spacial score (nSPS) is 35.0. The van der Waals surface area contributed by atoms with Gasteiger partial charge in [-0.25, -0.2) is 13.6 Å². The number of carbonyl (C=O) groups is 3. The number of nitrogens with zero attached hydrogens (tertiary/aromatic N) is 3. The Morgan fingerprint density at radius 1 is 1.05 bits per heavy atom. The number of aromatic amines is 1. The molecule has 6 aliphatic rings. The van der Waals surface area contributed by atoms with E-state index >= 15 is 13.6 Å². The van der Waals surface area contributed by atoms with Crippen LogP contribution in [0.25, 0.3) is 10.9 Å². The fraction of sp³-hybridized carbons (Fsp3) is 0.587. The number of fused-ring (bicyclic) bond motifs is 6. The Bertz CT molecular complexity index is 2350. The van der Waals surface area contributed by atoms with E-state index in [2.05, 4.69) is 20.9 Å². The van der Waals surface area contributed by atoms with E-state index in [1.807, 2.05) is 61.5 Å². The lowest BCUT2D eigenvalue weighted by atomic mass is 9.47. The van der Waals surface area contributed by atoms with Gasteiger partial charge in [0.2, 0.25) is 11.5 Å². The van der Waals surface area contributed by atoms with Crippen molar-refractivity contribution >= 4 is 46.3 Å². The standard InChI is InChI=1S/C46H56F2N4O8S/c1-9-43-13-10-15-52-16-14-44(37(43)52)31-19-32(35(57-5)20-34(31)50(4)38(44)46(56,41(55)59-7)39(43)60-25(2)53)45(40(54)58-6)21-26-17-27(42(3,47)48)23-51(22-26)24-30-29-18-28(61-8)11-12-33(29)49-36(30)45/h10-13,18-20,26-27,37-39,49,56H,9,14-17,21-24H2,1-8H3/t26-,27?,37+,38-,39-,43-,44-,45+,46+/m1/s1. The van der Waals surface area contributed by atoms with Gasteiger partial charge in [0.1, 0.15) is 11.2 Å². The molecule has 2 N–H and O–H groups in total. The van der Waals surface area contributed by atoms with Crippen LogP contribution in [0.2, 0.25) is 0 Å². The molecular formula is C46H56F2N4O8S. The molecule has 61 heavy (non-hydrogen) atoms. The fourth-order valence-corrected chi connectivity index (χ4v) is 13.8. The van der Waals surface area contributed by atoms with Crippen LogP contribution in [0.5, 0.6) is 5.75 Å². The molecule has 12 nitrogen and oxygen atoms in total. The number of hydrogen-bond acceptors (Lipinski definition) is 12. The summed E-state index contributed by atoms with van der Waals surface area (Å²) < 4.78 is 54.6. The number of piperidine rings is 1. The van der Waals surface area contributed by atoms with Gasteiger partial charge in [0.15, 0.2) is 6.10 Å². The molecule has 3 fully saturated rings. The van der Waals surface area contributed by atoms with Crippen molar-refractivity contribution < 1.29 is 47.2 Å². The number of methoxy groups -OCH3 is 3. The fourth-order valence-electron chi connectivity index (χ4n) is 13.4. The lowest BCUT2D eigenvalue weighted by molar-refractivity contribution is -0.228. The number of esters is 3. The highest BCUT2D eigenvalue weighted by Crippen LogP contribution is 2.68. The van der Waals surface area contributed by atoms with Crippen LogP contribution in [0.15, 0.2) is 47.4 Å². The summed E-state index contributed by atoms with van der Waals surface area (Å²) in [5.41, 5.74) is -1.66. The first kappa shape index (κ1) is 42.1. The van der Waals surface area contributed by atoms with Gasteiger partial charge in [0.25, 0.3) is 0 Å². The van der Waals surface area contributed by atoms with Crippen molar-refractivity contribution in [1.82, 2.24) is 14.8 Å². The maximum Gasteiger partial charge on any atom is 0.344 e. The second-order valence-corrected chi connectivity index (χ2v) is 19.3. The van der Waals surface area contributed by atoms with Crippen molar-refractivity contribution in [2.45, 2.75) is 98.4 Å². The average Bonchev–Trinajstić information content (AvgIpc) is 3.89. The predicted octanol–water partition coefficient (Wildman–Crippen LogP) is 5.80. The summed E-state index contributed by atoms with van der Waals surface area (Å²) in [5, 5.41) is 14.2. The van der Waals surface area contributed by atoms with Gasteiger partial charge in [0, 0.05) is 102 Å². The quantitative estimate of drug-likeness (QED) is 0.123. The Morgan fingerprint density at radius 2 is 1.80 bits per heavy atom. The first-order chi connectivity index (χ1) is 29.0. The van der Waals surface area contributed by atoms with Crippen LogP contribution >= 0.6 is 11.8 Å². The molecule has 15 heteroatoms. The number of carbonyl (C=O) groups excluding carboxylic acids is 3. The smallest absolute Gasteiger partial charge is 0.344 e. The van der Waals surface area contributed by atoms with Crippen molar-refractivity contribution in [3.63, 3.8) is 0 Å². The molecule has 0 radical (unpaired) electrons. The number of halogens is 2. The van der Waals surface area contributed by atoms with Crippen molar-refractivity contribution in [1.29, 1.82) is 0 Å². The highest BCUT2D eigenvalue weighted by Gasteiger charge is 2.80. The Kier molecular flexibility index (Phi) is 9.97. The Hall–Kier alpha value is -4.18. The van der Waals surface area contributed by atoms with E-state index in [1.165, 1.54) is 21.1 Å². The van der Waals surface area contributed by atoms with Gasteiger partial charge in [-0.3, -0.25) is 19.4 Å². The topological polar surface area (TPSA) is 134 Å². The van der Waals surface area contributed by atoms with Gasteiger partial charge in [-0.1, -0.05) is 19.1 Å². The summed E-state index contributed by atoms with van der Waals surface area (Å²) in [7, 11) is 5.95. The molecule has 0 amide bonds. The molecule has 328 valence electrons. The van der Waals surface area contributed by atoms with E-state index in [0.717, 1.165) is 33.8 Å². The second kappa shape index (κ2) is 14.4. The number of likely N-dealkylation sites (N-methyl/N-ethyl adjacent to an activating group) is 1. The summed E-state index contributed by atoms with van der Waals surface area (Å²) in [6, 6.07) is 8.66. The van der Waals surface area contributed by atoms with Crippen LogP contribution in [0.3, 0.4) is 0 Å². The Labute approximate surface area is 359 Å². The Morgan fingerprint density at radius 3 is 2.46 bits per heavy atom. The van der Waals surface area contributed by atoms with E-state index in [4.69, 9.17) is 18.9 Å². The van der Waals surface area contributed by atoms with Crippen molar-refractivity contribution in [3.8, 4) is 5.75 Å². The van der Waals surface area contributed by atoms with E-state index in [1.54, 1.807) is 18.9 Å². The number of aliphatic hydroxyl groups is 1. The van der Waals surface area contributed by atoms with Gasteiger partial charge in [-0.15, -0.1) is 11.8 Å². The monoisotopic (exact) mass is 862 g/mol. The lowest BCUT2D eigenvalue weighted by Gasteiger charge is -2.63. The molecular weight excluding hydrogens is 807 g/mol. The summed E-state index contributed by atoms with van der Waals surface area (Å²) in [4.78, 5) is 53.8. The van der Waals surface area contributed by atoms with Crippen molar-refractivity contribution in [2.75, 3.05) is 65.7 Å². The molecule has 2 saturated heterocycles. The maximum atomic E-state index is 15.4. The van der Waals surface area contributed by atoms with E-state index in [0.29, 0.717) is 61.7 Å². The molecule has 2 bridgehead atoms. The molecule has 5 aliphatic heterocycles. The summed E-state index contributed by atoms with van der Waals surface area (Å²) in [6.07, 6.45) is 6.03. The molecule has 1 aromatic heterocycles. The van der Waals surface area contributed by atoms with Gasteiger partial charge >= 0.3 is 17.9 Å². The van der Waals surface area contributed by atoms with Crippen LogP contribution in [0.1, 0.15) is 68.8 Å². The number of benzene rings is 2. The molecule has 9 rings (SSSR count). The number of rotatable bonds is 8. The van der Waals surface area contributed by atoms with Gasteiger partial charge in [-0.05, 0) is 86.7 Å². The van der Waals surface area contributed by atoms with Gasteiger partial charge < -0.3 is 33.9 Å². The van der Waals surface area contributed by atoms with Crippen LogP contribution in [-0.4, -0.2) is 128 Å². The molecule has 1 saturated carbocycles. The molecule has 1 spiro atoms. The number of H-pyrrole nitrogens is 1. The third kappa shape index (κ3) is 5.61. The van der Waals surface area contributed by atoms with E-state index in [9.17, 15) is 14.7 Å². The minimum absolute atomic E-state index is 0.150. The molecule has 10 atom stereocenters. The largest absolute Gasteiger partial charge is 0.496 e. The predicted molar refractivity (Wildman–Crippen MR) is 226 cm³/mol. The molecule has 6 heterocycles. The zero-order valence-corrected chi connectivity index (χ0v) is 36.9. The first-order valence-corrected chi connectivity index (χ1v) is 22.5. The number of ether oxygens (including phenoxy) is 4. The SMILES string of the molecule is CC[C@]12C=CCN3CC[C@@]4(c5cc([C@@]6(C(=O)OC)C[C@H]7CC(C(C)(F)F)CN(Cc8c6[nH]c6ccc(SC)cc86)C7)c(OC)cc5N(C)[C@H]4[C@@](O)(C(=O)OC)[C@@H]1OC(C)=O)[C@@H]32. The minimum Gasteiger partial charge on any atom is -0.496 e. The number of aromatic nitrogens is 1. The van der Waals surface area contributed by atoms with Gasteiger partial charge in [0.05, 0.1) is 27.4 Å². The highest BCUT2D eigenvalue weighted by molar-refractivity contribution is 7.98. The lowest BCUT2D eigenvalue weighted by Crippen LogP contribution is -2.81. The van der Waals surface area contributed by atoms with Gasteiger partial charge in [-0.2, -0.15) is 0 Å². The zero-order valence-electron chi connectivity index (χ0n) is 36.1. The molecule has 2 unspecified atom stereocenters. The van der Waals surface area contributed by atoms with Crippen molar-refractivity contribution in [2.24, 2.45) is 17.3 Å². The number of nitrogens with one attached hydrogen (secondary N) is 1. The number of anilines is 1. The summed E-state index contributed by atoms with van der Waals surface area (Å²) in [6.45, 7) is 6.54. The summed E-state index contributed by atoms with van der Waals surface area (Å²) in [5.74, 6) is -5.95. The molecule has 3 aromatic rings. The van der Waals surface area contributed by atoms with Crippen LogP contribution in [0, 0.1) is 17.3 Å². The van der Waals surface area contributed by atoms with Crippen LogP contribution in [0.4, 0.5) is 14.5 Å². The van der Waals surface area contributed by atoms with Crippen molar-refractivity contribution in [3.05, 3.63) is 64.9 Å². The molecule has 1 aliphatic carbocycles. The minimum atomic E-state index is -2.95. The van der Waals surface area contributed by atoms with Crippen LogP contribution in [-0.2, 0) is 46.0 Å². The summed E-state index contributed by atoms with van der Waals surface area (Å²) >= 11 is 1.60. The second-order valence-electron chi connectivity index (χ2n) is 18.4. The number of hydrogen-bond donors (Lipinski definition) is 2. The van der Waals surface area contributed by atoms with E-state index < -0.39 is 63.7 Å². The zero-order chi connectivity index (χ0) is 43.6. The highest BCUT2D eigenvalue weighted by atomic mass is 32.2. The number of alkyl halides is 2. The third-order valence-electron chi connectivity index (χ3n) is 15.6. The Balaban J connectivity index is 1.36. The maximum absolute atomic E-state index is 15.4. The average molecular weight is 863 g/mol.